The second-order valence-corrected chi connectivity index (χ2v) is 7.29. The maximum absolute atomic E-state index is 12.5. The predicted molar refractivity (Wildman–Crippen MR) is 103 cm³/mol. The Balaban J connectivity index is 2.28. The molecule has 2 rings (SSSR count). The highest BCUT2D eigenvalue weighted by atomic mass is 35.5. The summed E-state index contributed by atoms with van der Waals surface area (Å²) in [5.41, 5.74) is 2.27. The lowest BCUT2D eigenvalue weighted by Crippen LogP contribution is -2.41. The summed E-state index contributed by atoms with van der Waals surface area (Å²) in [6.07, 6.45) is 0.0970. The van der Waals surface area contributed by atoms with Gasteiger partial charge in [0.25, 0.3) is 5.91 Å². The van der Waals surface area contributed by atoms with Crippen LogP contribution in [0.5, 0.6) is 0 Å². The number of hydrogen-bond donors (Lipinski definition) is 2. The standard InChI is InChI=1S/C19H24ClN3O3/c1-10(2)14-9-17(24)23(19(14)26)13-6-7-15(20)16(8-13)22-12(5)18(25)21-11(3)4/h6-8,11-12,22H,9H2,1-5H3,(H,21,25). The van der Waals surface area contributed by atoms with Crippen molar-refractivity contribution in [2.24, 2.45) is 0 Å². The lowest BCUT2D eigenvalue weighted by Gasteiger charge is -2.20. The van der Waals surface area contributed by atoms with Crippen LogP contribution in [0.4, 0.5) is 11.4 Å². The average molecular weight is 378 g/mol. The number of carbonyl (C=O) groups excluding carboxylic acids is 3. The van der Waals surface area contributed by atoms with Crippen molar-refractivity contribution in [1.29, 1.82) is 0 Å². The minimum atomic E-state index is -0.525. The van der Waals surface area contributed by atoms with E-state index in [1.54, 1.807) is 25.1 Å². The number of halogens is 1. The van der Waals surface area contributed by atoms with E-state index in [4.69, 9.17) is 11.6 Å². The van der Waals surface area contributed by atoms with Crippen LogP contribution in [0.25, 0.3) is 0 Å². The number of nitrogens with one attached hydrogen (secondary N) is 2. The van der Waals surface area contributed by atoms with E-state index in [9.17, 15) is 14.4 Å². The van der Waals surface area contributed by atoms with Gasteiger partial charge in [0, 0.05) is 11.6 Å². The van der Waals surface area contributed by atoms with Crippen molar-refractivity contribution in [3.63, 3.8) is 0 Å². The molecule has 3 amide bonds. The van der Waals surface area contributed by atoms with E-state index in [1.165, 1.54) is 0 Å². The summed E-state index contributed by atoms with van der Waals surface area (Å²) in [6.45, 7) is 9.10. The monoisotopic (exact) mass is 377 g/mol. The van der Waals surface area contributed by atoms with Gasteiger partial charge in [0.05, 0.1) is 22.8 Å². The minimum absolute atomic E-state index is 0.0240. The first-order chi connectivity index (χ1) is 12.1. The van der Waals surface area contributed by atoms with Crippen molar-refractivity contribution in [3.05, 3.63) is 34.4 Å². The molecule has 1 atom stereocenters. The highest BCUT2D eigenvalue weighted by Crippen LogP contribution is 2.33. The van der Waals surface area contributed by atoms with Gasteiger partial charge < -0.3 is 10.6 Å². The van der Waals surface area contributed by atoms with E-state index in [0.29, 0.717) is 22.0 Å². The van der Waals surface area contributed by atoms with Crippen LogP contribution in [0.15, 0.2) is 29.3 Å². The largest absolute Gasteiger partial charge is 0.373 e. The number of amides is 3. The van der Waals surface area contributed by atoms with Crippen molar-refractivity contribution < 1.29 is 14.4 Å². The zero-order chi connectivity index (χ0) is 19.6. The van der Waals surface area contributed by atoms with Crippen LogP contribution >= 0.6 is 11.6 Å². The Kier molecular flexibility index (Phi) is 6.08. The normalized spacial score (nSPS) is 15.5. The predicted octanol–water partition coefficient (Wildman–Crippen LogP) is 3.26. The molecule has 1 unspecified atom stereocenters. The molecule has 0 saturated carbocycles. The molecule has 0 spiro atoms. The van der Waals surface area contributed by atoms with Gasteiger partial charge in [-0.05, 0) is 52.8 Å². The van der Waals surface area contributed by atoms with Crippen LogP contribution in [0.2, 0.25) is 5.02 Å². The number of nitrogens with zero attached hydrogens (tertiary/aromatic N) is 1. The van der Waals surface area contributed by atoms with Crippen LogP contribution in [0.3, 0.4) is 0 Å². The van der Waals surface area contributed by atoms with Gasteiger partial charge in [-0.2, -0.15) is 0 Å². The second kappa shape index (κ2) is 7.91. The quantitative estimate of drug-likeness (QED) is 0.609. The minimum Gasteiger partial charge on any atom is -0.373 e. The summed E-state index contributed by atoms with van der Waals surface area (Å²) in [4.78, 5) is 38.1. The van der Waals surface area contributed by atoms with Gasteiger partial charge in [-0.1, -0.05) is 17.2 Å². The Morgan fingerprint density at radius 2 is 1.85 bits per heavy atom. The molecule has 1 heterocycles. The Morgan fingerprint density at radius 1 is 1.19 bits per heavy atom. The van der Waals surface area contributed by atoms with Crippen molar-refractivity contribution >= 4 is 40.7 Å². The zero-order valence-corrected chi connectivity index (χ0v) is 16.4. The first-order valence-electron chi connectivity index (χ1n) is 8.52. The number of hydrogen-bond acceptors (Lipinski definition) is 4. The number of allylic oxidation sites excluding steroid dienone is 1. The molecule has 0 aliphatic carbocycles. The van der Waals surface area contributed by atoms with Crippen LogP contribution in [0, 0.1) is 0 Å². The Labute approximate surface area is 158 Å². The highest BCUT2D eigenvalue weighted by Gasteiger charge is 2.35. The number of carbonyl (C=O) groups is 3. The molecule has 2 N–H and O–H groups in total. The van der Waals surface area contributed by atoms with Gasteiger partial charge in [0.15, 0.2) is 0 Å². The molecule has 7 heteroatoms. The molecule has 140 valence electrons. The van der Waals surface area contributed by atoms with Crippen molar-refractivity contribution in [2.45, 2.75) is 53.1 Å². The lowest BCUT2D eigenvalue weighted by molar-refractivity contribution is -0.122. The van der Waals surface area contributed by atoms with Gasteiger partial charge in [0.2, 0.25) is 11.8 Å². The molecule has 1 aliphatic heterocycles. The number of imide groups is 1. The lowest BCUT2D eigenvalue weighted by atomic mass is 10.1. The van der Waals surface area contributed by atoms with E-state index in [2.05, 4.69) is 10.6 Å². The summed E-state index contributed by atoms with van der Waals surface area (Å²) in [5.74, 6) is -0.749. The SMILES string of the molecule is CC(C)=C1CC(=O)N(c2ccc(Cl)c(NC(C)C(=O)NC(C)C)c2)C1=O. The zero-order valence-electron chi connectivity index (χ0n) is 15.6. The van der Waals surface area contributed by atoms with Gasteiger partial charge >= 0.3 is 0 Å². The summed E-state index contributed by atoms with van der Waals surface area (Å²) >= 11 is 6.22. The fourth-order valence-electron chi connectivity index (χ4n) is 2.68. The third kappa shape index (κ3) is 4.25. The second-order valence-electron chi connectivity index (χ2n) is 6.88. The number of anilines is 2. The Bertz CT molecular complexity index is 782. The van der Waals surface area contributed by atoms with Gasteiger partial charge in [0.1, 0.15) is 6.04 Å². The first kappa shape index (κ1) is 20.0. The molecule has 0 radical (unpaired) electrons. The topological polar surface area (TPSA) is 78.5 Å². The third-order valence-corrected chi connectivity index (χ3v) is 4.38. The molecule has 26 heavy (non-hydrogen) atoms. The van der Waals surface area contributed by atoms with Gasteiger partial charge in [-0.15, -0.1) is 0 Å². The Hall–Kier alpha value is -2.34. The molecule has 0 bridgehead atoms. The van der Waals surface area contributed by atoms with Crippen LogP contribution < -0.4 is 15.5 Å². The third-order valence-electron chi connectivity index (χ3n) is 4.05. The van der Waals surface area contributed by atoms with Crippen molar-refractivity contribution in [1.82, 2.24) is 5.32 Å². The summed E-state index contributed by atoms with van der Waals surface area (Å²) in [6, 6.07) is 4.34. The smallest absolute Gasteiger partial charge is 0.261 e. The molecule has 1 fully saturated rings. The van der Waals surface area contributed by atoms with E-state index in [1.807, 2.05) is 27.7 Å². The molecule has 1 aromatic rings. The van der Waals surface area contributed by atoms with E-state index in [0.717, 1.165) is 10.5 Å². The first-order valence-corrected chi connectivity index (χ1v) is 8.89. The molecular formula is C19H24ClN3O3. The number of benzene rings is 1. The van der Waals surface area contributed by atoms with Crippen LogP contribution in [-0.4, -0.2) is 29.8 Å². The molecule has 1 saturated heterocycles. The molecule has 0 aromatic heterocycles. The van der Waals surface area contributed by atoms with Crippen LogP contribution in [-0.2, 0) is 14.4 Å². The molecule has 1 aromatic carbocycles. The highest BCUT2D eigenvalue weighted by molar-refractivity contribution is 6.34. The van der Waals surface area contributed by atoms with E-state index in [-0.39, 0.29) is 30.2 Å². The maximum Gasteiger partial charge on any atom is 0.261 e. The fourth-order valence-corrected chi connectivity index (χ4v) is 2.85. The number of rotatable bonds is 5. The molecular weight excluding hydrogens is 354 g/mol. The van der Waals surface area contributed by atoms with Crippen LogP contribution in [0.1, 0.15) is 41.0 Å². The fraction of sp³-hybridized carbons (Fsp3) is 0.421. The summed E-state index contributed by atoms with van der Waals surface area (Å²) in [7, 11) is 0. The average Bonchev–Trinajstić information content (AvgIpc) is 2.84. The Morgan fingerprint density at radius 3 is 2.38 bits per heavy atom. The van der Waals surface area contributed by atoms with Crippen molar-refractivity contribution in [2.75, 3.05) is 10.2 Å². The van der Waals surface area contributed by atoms with E-state index >= 15 is 0 Å². The molecule has 1 aliphatic rings. The van der Waals surface area contributed by atoms with Crippen molar-refractivity contribution in [3.8, 4) is 0 Å². The van der Waals surface area contributed by atoms with Gasteiger partial charge in [-0.3, -0.25) is 14.4 Å². The van der Waals surface area contributed by atoms with E-state index < -0.39 is 6.04 Å². The van der Waals surface area contributed by atoms with Gasteiger partial charge in [-0.25, -0.2) is 4.90 Å². The maximum atomic E-state index is 12.5. The summed E-state index contributed by atoms with van der Waals surface area (Å²) < 4.78 is 0. The molecule has 6 nitrogen and oxygen atoms in total. The summed E-state index contributed by atoms with van der Waals surface area (Å²) in [5, 5.41) is 6.25.